The monoisotopic (exact) mass is 204 g/mol. The molecule has 0 fully saturated rings. The van der Waals surface area contributed by atoms with Crippen LogP contribution >= 0.6 is 23.2 Å². The van der Waals surface area contributed by atoms with Crippen LogP contribution in [0.4, 0.5) is 0 Å². The fourth-order valence-corrected chi connectivity index (χ4v) is 0. The molecule has 24 valence electrons. The molecular weight excluding hydrogens is 202 g/mol. The van der Waals surface area contributed by atoms with Gasteiger partial charge in [0.25, 0.3) is 0 Å². The van der Waals surface area contributed by atoms with E-state index in [0.29, 0.717) is 0 Å². The third-order valence-corrected chi connectivity index (χ3v) is 0. The first-order valence-corrected chi connectivity index (χ1v) is 1.60. The van der Waals surface area contributed by atoms with E-state index in [4.69, 9.17) is 23.2 Å². The summed E-state index contributed by atoms with van der Waals surface area (Å²) in [6.45, 7) is 0. The van der Waals surface area contributed by atoms with Gasteiger partial charge in [0.05, 0.1) is 5.34 Å². The van der Waals surface area contributed by atoms with Gasteiger partial charge in [-0.2, -0.15) is 0 Å². The Morgan fingerprint density at radius 2 is 1.25 bits per heavy atom. The molecule has 0 saturated carbocycles. The van der Waals surface area contributed by atoms with Crippen LogP contribution in [0, 0.1) is 0 Å². The van der Waals surface area contributed by atoms with Gasteiger partial charge in [-0.15, -0.1) is 23.2 Å². The molecule has 0 saturated heterocycles. The molecule has 0 rings (SSSR count). The van der Waals surface area contributed by atoms with Gasteiger partial charge in [-0.05, 0) is 0 Å². The van der Waals surface area contributed by atoms with E-state index in [1.165, 1.54) is 0 Å². The van der Waals surface area contributed by atoms with E-state index in [2.05, 4.69) is 0 Å². The minimum Gasteiger partial charge on any atom is -0.109 e. The van der Waals surface area contributed by atoms with Crippen molar-refractivity contribution < 1.29 is 0 Å². The second-order valence-electron chi connectivity index (χ2n) is 0.101. The molecule has 0 aromatic rings. The molecule has 0 aliphatic rings. The molecular formula is CH2Cl2Sn. The van der Waals surface area contributed by atoms with Crippen LogP contribution in [0.15, 0.2) is 0 Å². The first-order valence-electron chi connectivity index (χ1n) is 0.535. The first kappa shape index (κ1) is 9.03. The number of alkyl halides is 2. The van der Waals surface area contributed by atoms with Crippen molar-refractivity contribution in [2.24, 2.45) is 0 Å². The van der Waals surface area contributed by atoms with Gasteiger partial charge in [-0.25, -0.2) is 0 Å². The second-order valence-corrected chi connectivity index (χ2v) is 0.909. The molecule has 4 radical (unpaired) electrons. The number of hydrogen-bond donors (Lipinski definition) is 0. The Bertz CT molecular complexity index is 6.00. The zero-order chi connectivity index (χ0) is 2.71. The van der Waals surface area contributed by atoms with E-state index in [1.807, 2.05) is 0 Å². The Labute approximate surface area is 52.4 Å². The van der Waals surface area contributed by atoms with Gasteiger partial charge in [-0.3, -0.25) is 0 Å². The van der Waals surface area contributed by atoms with Gasteiger partial charge in [-0.1, -0.05) is 0 Å². The summed E-state index contributed by atoms with van der Waals surface area (Å²) >= 11 is 9.53. The number of halogens is 2. The van der Waals surface area contributed by atoms with E-state index < -0.39 is 0 Å². The average molecular weight is 204 g/mol. The summed E-state index contributed by atoms with van der Waals surface area (Å²) in [6, 6.07) is 0. The third kappa shape index (κ3) is 10.1. The molecule has 0 heterocycles. The van der Waals surface area contributed by atoms with Crippen LogP contribution in [0.1, 0.15) is 0 Å². The molecule has 0 nitrogen and oxygen atoms in total. The Kier molecular flexibility index (Phi) is 20.0. The summed E-state index contributed by atoms with van der Waals surface area (Å²) < 4.78 is 0. The minimum absolute atomic E-state index is 0. The molecule has 0 bridgehead atoms. The SMILES string of the molecule is ClCCl.[Sn]. The Morgan fingerprint density at radius 1 is 1.25 bits per heavy atom. The van der Waals surface area contributed by atoms with E-state index in [0.717, 1.165) is 0 Å². The third-order valence-electron chi connectivity index (χ3n) is 0. The van der Waals surface area contributed by atoms with Crippen LogP contribution in [0.5, 0.6) is 0 Å². The van der Waals surface area contributed by atoms with Crippen molar-refractivity contribution >= 4 is 47.1 Å². The zero-order valence-corrected chi connectivity index (χ0v) is 6.33. The molecule has 0 unspecified atom stereocenters. The predicted molar refractivity (Wildman–Crippen MR) is 22.3 cm³/mol. The van der Waals surface area contributed by atoms with Crippen molar-refractivity contribution in [3.8, 4) is 0 Å². The Balaban J connectivity index is 0. The van der Waals surface area contributed by atoms with Crippen molar-refractivity contribution in [1.82, 2.24) is 0 Å². The van der Waals surface area contributed by atoms with Gasteiger partial charge >= 0.3 is 0 Å². The summed E-state index contributed by atoms with van der Waals surface area (Å²) in [5, 5.41) is 0.194. The van der Waals surface area contributed by atoms with Crippen LogP contribution in [0.3, 0.4) is 0 Å². The van der Waals surface area contributed by atoms with Gasteiger partial charge in [0.1, 0.15) is 0 Å². The molecule has 0 aromatic carbocycles. The molecule has 0 atom stereocenters. The van der Waals surface area contributed by atoms with Crippen molar-refractivity contribution in [2.45, 2.75) is 0 Å². The maximum Gasteiger partial charge on any atom is 0.0967 e. The smallest absolute Gasteiger partial charge is 0.0967 e. The summed E-state index contributed by atoms with van der Waals surface area (Å²) in [5.41, 5.74) is 0. The number of rotatable bonds is 0. The molecule has 0 spiro atoms. The summed E-state index contributed by atoms with van der Waals surface area (Å²) in [7, 11) is 0. The van der Waals surface area contributed by atoms with Crippen LogP contribution in [0.25, 0.3) is 0 Å². The van der Waals surface area contributed by atoms with Crippen molar-refractivity contribution in [3.05, 3.63) is 0 Å². The maximum absolute atomic E-state index is 4.76. The van der Waals surface area contributed by atoms with E-state index in [9.17, 15) is 0 Å². The fourth-order valence-electron chi connectivity index (χ4n) is 0. The van der Waals surface area contributed by atoms with E-state index in [1.54, 1.807) is 0 Å². The topological polar surface area (TPSA) is 0 Å². The van der Waals surface area contributed by atoms with Gasteiger partial charge in [0, 0.05) is 23.9 Å². The summed E-state index contributed by atoms with van der Waals surface area (Å²) in [5.74, 6) is 0. The zero-order valence-electron chi connectivity index (χ0n) is 1.96. The van der Waals surface area contributed by atoms with Crippen molar-refractivity contribution in [3.63, 3.8) is 0 Å². The molecule has 0 aromatic heterocycles. The van der Waals surface area contributed by atoms with Gasteiger partial charge in [0.2, 0.25) is 0 Å². The quantitative estimate of drug-likeness (QED) is 0.408. The molecule has 3 heteroatoms. The maximum atomic E-state index is 4.76. The van der Waals surface area contributed by atoms with Crippen LogP contribution < -0.4 is 0 Å². The van der Waals surface area contributed by atoms with Crippen LogP contribution in [-0.4, -0.2) is 29.2 Å². The number of hydrogen-bond acceptors (Lipinski definition) is 0. The molecule has 0 aliphatic carbocycles. The second kappa shape index (κ2) is 8.83. The normalized spacial score (nSPS) is 4.50. The fraction of sp³-hybridized carbons (Fsp3) is 1.00. The van der Waals surface area contributed by atoms with Crippen LogP contribution in [-0.2, 0) is 0 Å². The van der Waals surface area contributed by atoms with E-state index >= 15 is 0 Å². The average Bonchev–Trinajstić information content (AvgIpc) is 0.918. The molecule has 0 aliphatic heterocycles. The molecule has 0 N–H and O–H groups in total. The summed E-state index contributed by atoms with van der Waals surface area (Å²) in [4.78, 5) is 0. The van der Waals surface area contributed by atoms with Gasteiger partial charge in [0.15, 0.2) is 0 Å². The Hall–Kier alpha value is 1.38. The van der Waals surface area contributed by atoms with Crippen LogP contribution in [0.2, 0.25) is 0 Å². The van der Waals surface area contributed by atoms with Gasteiger partial charge < -0.3 is 0 Å². The summed E-state index contributed by atoms with van der Waals surface area (Å²) in [6.07, 6.45) is 0. The van der Waals surface area contributed by atoms with Crippen molar-refractivity contribution in [2.75, 3.05) is 5.34 Å². The molecule has 0 amide bonds. The minimum atomic E-state index is 0. The standard InChI is InChI=1S/CH2Cl2.Sn/c2-1-3;/h1H2;. The molecule has 4 heavy (non-hydrogen) atoms. The Morgan fingerprint density at radius 3 is 1.25 bits per heavy atom. The van der Waals surface area contributed by atoms with Crippen molar-refractivity contribution in [1.29, 1.82) is 0 Å². The first-order chi connectivity index (χ1) is 1.41. The van der Waals surface area contributed by atoms with E-state index in [-0.39, 0.29) is 29.2 Å². The largest absolute Gasteiger partial charge is 0.109 e. The predicted octanol–water partition coefficient (Wildman–Crippen LogP) is 1.04.